The summed E-state index contributed by atoms with van der Waals surface area (Å²) < 4.78 is 5.33. The van der Waals surface area contributed by atoms with E-state index in [1.807, 2.05) is 30.3 Å². The van der Waals surface area contributed by atoms with Crippen molar-refractivity contribution < 1.29 is 9.84 Å². The van der Waals surface area contributed by atoms with Gasteiger partial charge in [0.15, 0.2) is 0 Å². The molecule has 0 fully saturated rings. The highest BCUT2D eigenvalue weighted by Crippen LogP contribution is 2.22. The van der Waals surface area contributed by atoms with Gasteiger partial charge in [-0.1, -0.05) is 30.3 Å². The number of ether oxygens (including phenoxy) is 1. The molecule has 18 heavy (non-hydrogen) atoms. The third-order valence-electron chi connectivity index (χ3n) is 2.73. The van der Waals surface area contributed by atoms with Crippen LogP contribution < -0.4 is 5.56 Å². The Labute approximate surface area is 104 Å². The molecule has 0 amide bonds. The maximum Gasteiger partial charge on any atom is 0.257 e. The van der Waals surface area contributed by atoms with E-state index in [0.717, 1.165) is 5.56 Å². The van der Waals surface area contributed by atoms with Crippen molar-refractivity contribution in [3.8, 4) is 5.88 Å². The summed E-state index contributed by atoms with van der Waals surface area (Å²) in [6, 6.07) is 9.36. The van der Waals surface area contributed by atoms with Crippen LogP contribution in [0.1, 0.15) is 23.1 Å². The minimum atomic E-state index is -0.509. The van der Waals surface area contributed by atoms with Gasteiger partial charge in [-0.3, -0.25) is 4.79 Å². The number of nitrogens with zero attached hydrogens (tertiary/aromatic N) is 1. The Hall–Kier alpha value is -2.14. The Morgan fingerprint density at radius 1 is 1.33 bits per heavy atom. The topological polar surface area (TPSA) is 75.2 Å². The summed E-state index contributed by atoms with van der Waals surface area (Å²) in [5.74, 6) is 0.0172. The van der Waals surface area contributed by atoms with E-state index in [0.29, 0.717) is 0 Å². The van der Waals surface area contributed by atoms with Crippen LogP contribution in [-0.4, -0.2) is 22.2 Å². The number of benzene rings is 1. The van der Waals surface area contributed by atoms with E-state index in [9.17, 15) is 9.90 Å². The zero-order chi connectivity index (χ0) is 13.1. The van der Waals surface area contributed by atoms with Gasteiger partial charge in [0.1, 0.15) is 11.9 Å². The molecule has 5 heteroatoms. The van der Waals surface area contributed by atoms with Crippen molar-refractivity contribution in [3.63, 3.8) is 0 Å². The van der Waals surface area contributed by atoms with Gasteiger partial charge in [0.25, 0.3) is 5.56 Å². The largest absolute Gasteiger partial charge is 0.493 e. The number of aromatic nitrogens is 2. The molecular formula is C13H14N2O3. The number of nitrogens with one attached hydrogen (secondary N) is 1. The minimum absolute atomic E-state index is 0.196. The van der Waals surface area contributed by atoms with Crippen LogP contribution in [0.15, 0.2) is 35.1 Å². The van der Waals surface area contributed by atoms with Crippen LogP contribution in [0.2, 0.25) is 0 Å². The summed E-state index contributed by atoms with van der Waals surface area (Å²) in [5, 5.41) is 9.59. The van der Waals surface area contributed by atoms with E-state index >= 15 is 0 Å². The summed E-state index contributed by atoms with van der Waals surface area (Å²) in [5.41, 5.74) is 0.684. The zero-order valence-electron chi connectivity index (χ0n) is 10.2. The Kier molecular flexibility index (Phi) is 3.43. The summed E-state index contributed by atoms with van der Waals surface area (Å²) >= 11 is 0. The lowest BCUT2D eigenvalue weighted by atomic mass is 10.1. The predicted molar refractivity (Wildman–Crippen MR) is 66.6 cm³/mol. The summed E-state index contributed by atoms with van der Waals surface area (Å²) in [6.07, 6.45) is -0.509. The second kappa shape index (κ2) is 5.01. The third kappa shape index (κ3) is 2.26. The molecule has 0 saturated heterocycles. The highest BCUT2D eigenvalue weighted by molar-refractivity contribution is 5.26. The first kappa shape index (κ1) is 12.3. The average Bonchev–Trinajstić information content (AvgIpc) is 2.38. The minimum Gasteiger partial charge on any atom is -0.493 e. The Morgan fingerprint density at radius 2 is 2.00 bits per heavy atom. The van der Waals surface area contributed by atoms with Gasteiger partial charge in [0, 0.05) is 7.11 Å². The fraction of sp³-hybridized carbons (Fsp3) is 0.231. The van der Waals surface area contributed by atoms with Crippen molar-refractivity contribution in [1.82, 2.24) is 9.97 Å². The molecule has 94 valence electrons. The van der Waals surface area contributed by atoms with Crippen LogP contribution >= 0.6 is 0 Å². The second-order valence-electron chi connectivity index (χ2n) is 3.93. The summed E-state index contributed by atoms with van der Waals surface area (Å²) in [4.78, 5) is 18.2. The lowest BCUT2D eigenvalue weighted by Gasteiger charge is -2.15. The van der Waals surface area contributed by atoms with Crippen molar-refractivity contribution in [2.45, 2.75) is 13.0 Å². The number of aromatic hydroxyl groups is 1. The van der Waals surface area contributed by atoms with E-state index in [1.54, 1.807) is 0 Å². The lowest BCUT2D eigenvalue weighted by Crippen LogP contribution is -2.18. The van der Waals surface area contributed by atoms with Crippen molar-refractivity contribution in [2.24, 2.45) is 0 Å². The van der Waals surface area contributed by atoms with Gasteiger partial charge < -0.3 is 14.8 Å². The SMILES string of the molecule is COC(c1ccccc1)c1nc(O)c(C)c(=O)[nH]1. The molecule has 0 radical (unpaired) electrons. The fourth-order valence-corrected chi connectivity index (χ4v) is 1.70. The van der Waals surface area contributed by atoms with Crippen LogP contribution in [0, 0.1) is 6.92 Å². The van der Waals surface area contributed by atoms with Gasteiger partial charge >= 0.3 is 0 Å². The standard InChI is InChI=1S/C13H14N2O3/c1-8-12(16)14-11(15-13(8)17)10(18-2)9-6-4-3-5-7-9/h3-7,10H,1-2H3,(H2,14,15,16,17). The molecule has 5 nitrogen and oxygen atoms in total. The molecule has 2 N–H and O–H groups in total. The molecule has 0 aliphatic carbocycles. The molecule has 2 aromatic rings. The summed E-state index contributed by atoms with van der Waals surface area (Å²) in [6.45, 7) is 1.51. The van der Waals surface area contributed by atoms with Gasteiger partial charge in [-0.05, 0) is 12.5 Å². The van der Waals surface area contributed by atoms with E-state index in [1.165, 1.54) is 14.0 Å². The maximum absolute atomic E-state index is 11.6. The molecule has 1 aromatic carbocycles. The Balaban J connectivity index is 2.49. The highest BCUT2D eigenvalue weighted by Gasteiger charge is 2.17. The van der Waals surface area contributed by atoms with Crippen LogP contribution in [0.3, 0.4) is 0 Å². The molecule has 1 unspecified atom stereocenters. The van der Waals surface area contributed by atoms with Crippen LogP contribution in [-0.2, 0) is 4.74 Å². The lowest BCUT2D eigenvalue weighted by molar-refractivity contribution is 0.128. The first-order valence-electron chi connectivity index (χ1n) is 5.51. The first-order valence-corrected chi connectivity index (χ1v) is 5.51. The molecule has 0 aliphatic heterocycles. The van der Waals surface area contributed by atoms with Gasteiger partial charge in [-0.2, -0.15) is 4.98 Å². The normalized spacial score (nSPS) is 12.3. The molecule has 0 bridgehead atoms. The molecule has 0 spiro atoms. The number of methoxy groups -OCH3 is 1. The molecular weight excluding hydrogens is 232 g/mol. The van der Waals surface area contributed by atoms with Crippen molar-refractivity contribution in [2.75, 3.05) is 7.11 Å². The number of hydrogen-bond donors (Lipinski definition) is 2. The third-order valence-corrected chi connectivity index (χ3v) is 2.73. The molecule has 1 aromatic heterocycles. The van der Waals surface area contributed by atoms with Crippen molar-refractivity contribution >= 4 is 0 Å². The number of H-pyrrole nitrogens is 1. The summed E-state index contributed by atoms with van der Waals surface area (Å²) in [7, 11) is 1.52. The number of hydrogen-bond acceptors (Lipinski definition) is 4. The van der Waals surface area contributed by atoms with E-state index in [-0.39, 0.29) is 22.8 Å². The quantitative estimate of drug-likeness (QED) is 0.861. The zero-order valence-corrected chi connectivity index (χ0v) is 10.2. The van der Waals surface area contributed by atoms with E-state index in [2.05, 4.69) is 9.97 Å². The molecule has 1 atom stereocenters. The second-order valence-corrected chi connectivity index (χ2v) is 3.93. The Morgan fingerprint density at radius 3 is 2.56 bits per heavy atom. The maximum atomic E-state index is 11.6. The van der Waals surface area contributed by atoms with Gasteiger partial charge in [-0.25, -0.2) is 0 Å². The molecule has 0 aliphatic rings. The van der Waals surface area contributed by atoms with Gasteiger partial charge in [-0.15, -0.1) is 0 Å². The number of aromatic amines is 1. The Bertz CT molecular complexity index is 593. The average molecular weight is 246 g/mol. The monoisotopic (exact) mass is 246 g/mol. The van der Waals surface area contributed by atoms with Crippen molar-refractivity contribution in [3.05, 3.63) is 57.6 Å². The number of rotatable bonds is 3. The van der Waals surface area contributed by atoms with E-state index < -0.39 is 6.10 Å². The smallest absolute Gasteiger partial charge is 0.257 e. The molecule has 2 rings (SSSR count). The molecule has 0 saturated carbocycles. The fourth-order valence-electron chi connectivity index (χ4n) is 1.70. The van der Waals surface area contributed by atoms with Crippen LogP contribution in [0.4, 0.5) is 0 Å². The van der Waals surface area contributed by atoms with E-state index in [4.69, 9.17) is 4.74 Å². The molecule has 1 heterocycles. The van der Waals surface area contributed by atoms with Gasteiger partial charge in [0.05, 0.1) is 5.56 Å². The van der Waals surface area contributed by atoms with Crippen molar-refractivity contribution in [1.29, 1.82) is 0 Å². The van der Waals surface area contributed by atoms with Gasteiger partial charge in [0.2, 0.25) is 5.88 Å². The van der Waals surface area contributed by atoms with Crippen LogP contribution in [0.25, 0.3) is 0 Å². The van der Waals surface area contributed by atoms with Crippen LogP contribution in [0.5, 0.6) is 5.88 Å². The highest BCUT2D eigenvalue weighted by atomic mass is 16.5. The first-order chi connectivity index (χ1) is 8.63. The predicted octanol–water partition coefficient (Wildman–Crippen LogP) is 1.52.